The first-order valence-electron chi connectivity index (χ1n) is 6.77. The van der Waals surface area contributed by atoms with Crippen molar-refractivity contribution in [1.29, 1.82) is 0 Å². The standard InChI is InChI=1S/C15H18N4S/c1-12-5-9-20-14(12)15-16-6-8-19(15)7-3-4-13-10-17-18(2)11-13/h5-6,8-11H,3-4,7H2,1-2H3. The van der Waals surface area contributed by atoms with Gasteiger partial charge >= 0.3 is 0 Å². The van der Waals surface area contributed by atoms with Crippen LogP contribution in [0, 0.1) is 6.92 Å². The van der Waals surface area contributed by atoms with Gasteiger partial charge < -0.3 is 4.57 Å². The summed E-state index contributed by atoms with van der Waals surface area (Å²) in [5.41, 5.74) is 2.59. The van der Waals surface area contributed by atoms with Crippen molar-refractivity contribution in [2.24, 2.45) is 7.05 Å². The molecule has 0 amide bonds. The number of rotatable bonds is 5. The normalized spacial score (nSPS) is 11.1. The molecule has 0 atom stereocenters. The van der Waals surface area contributed by atoms with E-state index in [1.54, 1.807) is 11.3 Å². The zero-order valence-corrected chi connectivity index (χ0v) is 12.6. The first-order chi connectivity index (χ1) is 9.74. The molecule has 0 fully saturated rings. The number of imidazole rings is 1. The molecular weight excluding hydrogens is 268 g/mol. The van der Waals surface area contributed by atoms with Gasteiger partial charge in [-0.1, -0.05) is 0 Å². The Balaban J connectivity index is 1.67. The van der Waals surface area contributed by atoms with Gasteiger partial charge in [0.2, 0.25) is 0 Å². The van der Waals surface area contributed by atoms with Crippen LogP contribution in [0.1, 0.15) is 17.5 Å². The Labute approximate surface area is 122 Å². The maximum Gasteiger partial charge on any atom is 0.150 e. The van der Waals surface area contributed by atoms with Gasteiger partial charge in [-0.15, -0.1) is 11.3 Å². The molecule has 0 spiro atoms. The summed E-state index contributed by atoms with van der Waals surface area (Å²) in [6.07, 6.45) is 10.1. The molecule has 5 heteroatoms. The Morgan fingerprint density at radius 1 is 1.35 bits per heavy atom. The van der Waals surface area contributed by atoms with E-state index in [1.165, 1.54) is 16.0 Å². The second-order valence-electron chi connectivity index (χ2n) is 5.00. The summed E-state index contributed by atoms with van der Waals surface area (Å²) in [4.78, 5) is 5.78. The molecule has 3 aromatic rings. The van der Waals surface area contributed by atoms with Crippen LogP contribution in [0.4, 0.5) is 0 Å². The molecule has 0 aliphatic heterocycles. The predicted octanol–water partition coefficient (Wildman–Crippen LogP) is 3.29. The maximum absolute atomic E-state index is 4.51. The highest BCUT2D eigenvalue weighted by Crippen LogP contribution is 2.27. The smallest absolute Gasteiger partial charge is 0.150 e. The van der Waals surface area contributed by atoms with E-state index in [9.17, 15) is 0 Å². The van der Waals surface area contributed by atoms with Crippen molar-refractivity contribution in [1.82, 2.24) is 19.3 Å². The van der Waals surface area contributed by atoms with E-state index in [1.807, 2.05) is 24.1 Å². The van der Waals surface area contributed by atoms with Gasteiger partial charge in [0.15, 0.2) is 0 Å². The number of thiophene rings is 1. The Kier molecular flexibility index (Phi) is 3.69. The van der Waals surface area contributed by atoms with Crippen molar-refractivity contribution >= 4 is 11.3 Å². The Morgan fingerprint density at radius 2 is 2.25 bits per heavy atom. The van der Waals surface area contributed by atoms with E-state index < -0.39 is 0 Å². The fourth-order valence-corrected chi connectivity index (χ4v) is 3.29. The average molecular weight is 286 g/mol. The van der Waals surface area contributed by atoms with Crippen LogP contribution in [0.25, 0.3) is 10.7 Å². The maximum atomic E-state index is 4.51. The fraction of sp³-hybridized carbons (Fsp3) is 0.333. The Morgan fingerprint density at radius 3 is 2.95 bits per heavy atom. The van der Waals surface area contributed by atoms with E-state index in [0.717, 1.165) is 25.2 Å². The number of nitrogens with zero attached hydrogens (tertiary/aromatic N) is 4. The zero-order valence-electron chi connectivity index (χ0n) is 11.8. The lowest BCUT2D eigenvalue weighted by Gasteiger charge is -2.06. The minimum atomic E-state index is 0.988. The molecule has 0 saturated carbocycles. The molecule has 0 aliphatic rings. The van der Waals surface area contributed by atoms with Gasteiger partial charge in [0, 0.05) is 32.2 Å². The van der Waals surface area contributed by atoms with E-state index in [2.05, 4.69) is 45.4 Å². The first kappa shape index (κ1) is 13.1. The third-order valence-electron chi connectivity index (χ3n) is 3.40. The predicted molar refractivity (Wildman–Crippen MR) is 81.8 cm³/mol. The second kappa shape index (κ2) is 5.63. The molecule has 3 rings (SSSR count). The quantitative estimate of drug-likeness (QED) is 0.721. The van der Waals surface area contributed by atoms with Crippen molar-refractivity contribution in [3.8, 4) is 10.7 Å². The molecule has 0 radical (unpaired) electrons. The minimum absolute atomic E-state index is 0.988. The highest BCUT2D eigenvalue weighted by molar-refractivity contribution is 7.13. The SMILES string of the molecule is Cc1ccsc1-c1nccn1CCCc1cnn(C)c1. The summed E-state index contributed by atoms with van der Waals surface area (Å²) < 4.78 is 4.10. The van der Waals surface area contributed by atoms with Crippen LogP contribution < -0.4 is 0 Å². The lowest BCUT2D eigenvalue weighted by molar-refractivity contribution is 0.648. The van der Waals surface area contributed by atoms with E-state index in [4.69, 9.17) is 0 Å². The summed E-state index contributed by atoms with van der Waals surface area (Å²) in [6, 6.07) is 2.15. The lowest BCUT2D eigenvalue weighted by Crippen LogP contribution is -2.00. The molecule has 0 aromatic carbocycles. The Hall–Kier alpha value is -1.88. The van der Waals surface area contributed by atoms with Crippen LogP contribution in [0.15, 0.2) is 36.2 Å². The van der Waals surface area contributed by atoms with Gasteiger partial charge in [-0.2, -0.15) is 5.10 Å². The highest BCUT2D eigenvalue weighted by atomic mass is 32.1. The molecule has 0 aliphatic carbocycles. The minimum Gasteiger partial charge on any atom is -0.330 e. The number of hydrogen-bond donors (Lipinski definition) is 0. The van der Waals surface area contributed by atoms with Crippen LogP contribution in [0.3, 0.4) is 0 Å². The Bertz CT molecular complexity index is 692. The summed E-state index contributed by atoms with van der Waals surface area (Å²) in [6.45, 7) is 3.13. The van der Waals surface area contributed by atoms with Gasteiger partial charge in [-0.05, 0) is 42.3 Å². The molecule has 4 nitrogen and oxygen atoms in total. The van der Waals surface area contributed by atoms with Gasteiger partial charge in [0.1, 0.15) is 5.82 Å². The van der Waals surface area contributed by atoms with E-state index in [-0.39, 0.29) is 0 Å². The molecule has 20 heavy (non-hydrogen) atoms. The fourth-order valence-electron chi connectivity index (χ4n) is 2.35. The molecule has 3 aromatic heterocycles. The van der Waals surface area contributed by atoms with Crippen molar-refractivity contribution in [3.63, 3.8) is 0 Å². The van der Waals surface area contributed by atoms with Crippen LogP contribution >= 0.6 is 11.3 Å². The van der Waals surface area contributed by atoms with Crippen LogP contribution in [-0.4, -0.2) is 19.3 Å². The van der Waals surface area contributed by atoms with Crippen molar-refractivity contribution in [3.05, 3.63) is 47.4 Å². The highest BCUT2D eigenvalue weighted by Gasteiger charge is 2.09. The first-order valence-corrected chi connectivity index (χ1v) is 7.65. The molecular formula is C15H18N4S. The van der Waals surface area contributed by atoms with Gasteiger partial charge in [0.05, 0.1) is 11.1 Å². The van der Waals surface area contributed by atoms with Crippen molar-refractivity contribution < 1.29 is 0 Å². The molecule has 0 bridgehead atoms. The summed E-state index contributed by atoms with van der Waals surface area (Å²) in [5, 5.41) is 6.33. The monoisotopic (exact) mass is 286 g/mol. The molecule has 0 N–H and O–H groups in total. The van der Waals surface area contributed by atoms with Gasteiger partial charge in [0.25, 0.3) is 0 Å². The summed E-state index contributed by atoms with van der Waals surface area (Å²) in [5.74, 6) is 1.09. The van der Waals surface area contributed by atoms with Crippen molar-refractivity contribution in [2.75, 3.05) is 0 Å². The van der Waals surface area contributed by atoms with Crippen LogP contribution in [0.5, 0.6) is 0 Å². The lowest BCUT2D eigenvalue weighted by atomic mass is 10.2. The summed E-state index contributed by atoms with van der Waals surface area (Å²) >= 11 is 1.76. The molecule has 3 heterocycles. The molecule has 0 unspecified atom stereocenters. The summed E-state index contributed by atoms with van der Waals surface area (Å²) in [7, 11) is 1.96. The van der Waals surface area contributed by atoms with Crippen molar-refractivity contribution in [2.45, 2.75) is 26.3 Å². The van der Waals surface area contributed by atoms with E-state index in [0.29, 0.717) is 0 Å². The van der Waals surface area contributed by atoms with E-state index >= 15 is 0 Å². The molecule has 0 saturated heterocycles. The molecule has 104 valence electrons. The third-order valence-corrected chi connectivity index (χ3v) is 4.42. The largest absolute Gasteiger partial charge is 0.330 e. The van der Waals surface area contributed by atoms with Crippen LogP contribution in [0.2, 0.25) is 0 Å². The zero-order chi connectivity index (χ0) is 13.9. The third kappa shape index (κ3) is 2.67. The second-order valence-corrected chi connectivity index (χ2v) is 5.92. The number of aryl methyl sites for hydroxylation is 4. The van der Waals surface area contributed by atoms with Crippen LogP contribution in [-0.2, 0) is 20.0 Å². The average Bonchev–Trinajstić information content (AvgIpc) is 3.12. The topological polar surface area (TPSA) is 35.6 Å². The van der Waals surface area contributed by atoms with Gasteiger partial charge in [-0.25, -0.2) is 4.98 Å². The number of aromatic nitrogens is 4. The number of hydrogen-bond acceptors (Lipinski definition) is 3. The van der Waals surface area contributed by atoms with Gasteiger partial charge in [-0.3, -0.25) is 4.68 Å².